The zero-order valence-corrected chi connectivity index (χ0v) is 10.0. The van der Waals surface area contributed by atoms with E-state index in [0.717, 1.165) is 18.8 Å². The van der Waals surface area contributed by atoms with Crippen molar-refractivity contribution in [3.63, 3.8) is 0 Å². The van der Waals surface area contributed by atoms with Gasteiger partial charge in [-0.3, -0.25) is 4.68 Å². The van der Waals surface area contributed by atoms with Crippen molar-refractivity contribution >= 4 is 5.95 Å². The Kier molecular flexibility index (Phi) is 2.17. The predicted octanol–water partition coefficient (Wildman–Crippen LogP) is 0.570. The molecule has 0 amide bonds. The third-order valence-electron chi connectivity index (χ3n) is 3.48. The Labute approximate surface area is 99.4 Å². The summed E-state index contributed by atoms with van der Waals surface area (Å²) in [6.45, 7) is 3.08. The van der Waals surface area contributed by atoms with Gasteiger partial charge in [0, 0.05) is 25.6 Å². The molecule has 0 saturated heterocycles. The second-order valence-corrected chi connectivity index (χ2v) is 4.80. The number of nitrogens with two attached hydrogens (primary N) is 1. The van der Waals surface area contributed by atoms with Crippen LogP contribution in [0.25, 0.3) is 0 Å². The average Bonchev–Trinajstić information content (AvgIpc) is 2.82. The van der Waals surface area contributed by atoms with Gasteiger partial charge in [0.2, 0.25) is 5.95 Å². The molecule has 2 N–H and O–H groups in total. The molecule has 0 saturated carbocycles. The maximum absolute atomic E-state index is 5.63. The largest absolute Gasteiger partial charge is 0.366 e. The van der Waals surface area contributed by atoms with Gasteiger partial charge < -0.3 is 5.73 Å². The normalized spacial score (nSPS) is 23.6. The van der Waals surface area contributed by atoms with Crippen molar-refractivity contribution in [2.75, 3.05) is 5.73 Å². The summed E-state index contributed by atoms with van der Waals surface area (Å²) < 4.78 is 3.76. The topological polar surface area (TPSA) is 74.6 Å². The van der Waals surface area contributed by atoms with Crippen LogP contribution in [0.4, 0.5) is 5.95 Å². The molecule has 2 aromatic rings. The summed E-state index contributed by atoms with van der Waals surface area (Å²) in [6.07, 6.45) is 4.93. The summed E-state index contributed by atoms with van der Waals surface area (Å²) in [5.74, 6) is 2.35. The number of nitrogen functional groups attached to an aromatic ring is 1. The van der Waals surface area contributed by atoms with Gasteiger partial charge in [0.25, 0.3) is 0 Å². The second kappa shape index (κ2) is 3.58. The molecule has 6 nitrogen and oxygen atoms in total. The summed E-state index contributed by atoms with van der Waals surface area (Å²) in [6, 6.07) is 0. The lowest BCUT2D eigenvalue weighted by Gasteiger charge is -2.27. The highest BCUT2D eigenvalue weighted by molar-refractivity contribution is 5.19. The minimum Gasteiger partial charge on any atom is -0.366 e. The standard InChI is InChI=1S/C11H16N6/c1-7-3-10-14-11(12)15-17(10)6-9(7)8-4-13-16(2)5-8/h4-5,7,9H,3,6H2,1-2H3,(H2,12,15). The Bertz CT molecular complexity index is 540. The van der Waals surface area contributed by atoms with E-state index in [9.17, 15) is 0 Å². The average molecular weight is 232 g/mol. The van der Waals surface area contributed by atoms with Crippen LogP contribution < -0.4 is 5.73 Å². The molecule has 3 heterocycles. The fourth-order valence-electron chi connectivity index (χ4n) is 2.55. The van der Waals surface area contributed by atoms with Crippen LogP contribution in [-0.4, -0.2) is 24.5 Å². The van der Waals surface area contributed by atoms with Crippen LogP contribution in [0.5, 0.6) is 0 Å². The minimum atomic E-state index is 0.374. The number of hydrogen-bond acceptors (Lipinski definition) is 4. The highest BCUT2D eigenvalue weighted by Gasteiger charge is 2.29. The van der Waals surface area contributed by atoms with Crippen LogP contribution in [0, 0.1) is 5.92 Å². The molecule has 2 unspecified atom stereocenters. The van der Waals surface area contributed by atoms with Crippen molar-refractivity contribution in [2.24, 2.45) is 13.0 Å². The Morgan fingerprint density at radius 2 is 2.29 bits per heavy atom. The highest BCUT2D eigenvalue weighted by Crippen LogP contribution is 2.32. The summed E-state index contributed by atoms with van der Waals surface area (Å²) in [5, 5.41) is 8.46. The summed E-state index contributed by atoms with van der Waals surface area (Å²) >= 11 is 0. The molecule has 1 aliphatic rings. The SMILES string of the molecule is CC1Cc2nc(N)nn2CC1c1cnn(C)c1. The second-order valence-electron chi connectivity index (χ2n) is 4.80. The van der Waals surface area contributed by atoms with E-state index in [1.807, 2.05) is 22.6 Å². The van der Waals surface area contributed by atoms with Crippen molar-refractivity contribution in [3.05, 3.63) is 23.8 Å². The molecular formula is C11H16N6. The van der Waals surface area contributed by atoms with E-state index >= 15 is 0 Å². The molecule has 2 atom stereocenters. The van der Waals surface area contributed by atoms with Crippen LogP contribution in [0.3, 0.4) is 0 Å². The lowest BCUT2D eigenvalue weighted by atomic mass is 9.84. The van der Waals surface area contributed by atoms with E-state index in [4.69, 9.17) is 5.73 Å². The number of fused-ring (bicyclic) bond motifs is 1. The van der Waals surface area contributed by atoms with Crippen molar-refractivity contribution in [2.45, 2.75) is 25.8 Å². The fraction of sp³-hybridized carbons (Fsp3) is 0.545. The van der Waals surface area contributed by atoms with E-state index < -0.39 is 0 Å². The first-order valence-electron chi connectivity index (χ1n) is 5.81. The van der Waals surface area contributed by atoms with Crippen LogP contribution in [0.1, 0.15) is 24.2 Å². The molecule has 2 aromatic heterocycles. The van der Waals surface area contributed by atoms with E-state index in [-0.39, 0.29) is 0 Å². The molecule has 17 heavy (non-hydrogen) atoms. The monoisotopic (exact) mass is 232 g/mol. The Morgan fingerprint density at radius 3 is 3.00 bits per heavy atom. The molecule has 0 aliphatic carbocycles. The van der Waals surface area contributed by atoms with Crippen LogP contribution >= 0.6 is 0 Å². The lowest BCUT2D eigenvalue weighted by Crippen LogP contribution is -2.26. The number of hydrogen-bond donors (Lipinski definition) is 1. The molecule has 6 heteroatoms. The van der Waals surface area contributed by atoms with Crippen molar-refractivity contribution in [3.8, 4) is 0 Å². The van der Waals surface area contributed by atoms with Crippen LogP contribution in [-0.2, 0) is 20.0 Å². The van der Waals surface area contributed by atoms with Crippen molar-refractivity contribution in [1.29, 1.82) is 0 Å². The van der Waals surface area contributed by atoms with E-state index in [1.54, 1.807) is 0 Å². The van der Waals surface area contributed by atoms with Gasteiger partial charge in [0.1, 0.15) is 5.82 Å². The van der Waals surface area contributed by atoms with Gasteiger partial charge in [-0.25, -0.2) is 4.68 Å². The quantitative estimate of drug-likeness (QED) is 0.780. The lowest BCUT2D eigenvalue weighted by molar-refractivity contribution is 0.330. The molecule has 3 rings (SSSR count). The Balaban J connectivity index is 1.93. The molecular weight excluding hydrogens is 216 g/mol. The van der Waals surface area contributed by atoms with Gasteiger partial charge in [-0.1, -0.05) is 6.92 Å². The number of rotatable bonds is 1. The van der Waals surface area contributed by atoms with Crippen molar-refractivity contribution in [1.82, 2.24) is 24.5 Å². The molecule has 0 fully saturated rings. The van der Waals surface area contributed by atoms with Gasteiger partial charge in [0.15, 0.2) is 0 Å². The van der Waals surface area contributed by atoms with Gasteiger partial charge >= 0.3 is 0 Å². The van der Waals surface area contributed by atoms with Crippen molar-refractivity contribution < 1.29 is 0 Å². The fourth-order valence-corrected chi connectivity index (χ4v) is 2.55. The van der Waals surface area contributed by atoms with Gasteiger partial charge in [-0.15, -0.1) is 5.10 Å². The van der Waals surface area contributed by atoms with Crippen LogP contribution in [0.15, 0.2) is 12.4 Å². The predicted molar refractivity (Wildman–Crippen MR) is 63.3 cm³/mol. The first-order chi connectivity index (χ1) is 8.13. The highest BCUT2D eigenvalue weighted by atomic mass is 15.4. The third kappa shape index (κ3) is 1.69. The maximum atomic E-state index is 5.63. The number of aryl methyl sites for hydroxylation is 1. The number of aromatic nitrogens is 5. The summed E-state index contributed by atoms with van der Waals surface area (Å²) in [4.78, 5) is 4.24. The first kappa shape index (κ1) is 10.3. The minimum absolute atomic E-state index is 0.374. The first-order valence-corrected chi connectivity index (χ1v) is 5.81. The summed E-state index contributed by atoms with van der Waals surface area (Å²) in [5.41, 5.74) is 6.90. The van der Waals surface area contributed by atoms with E-state index in [1.165, 1.54) is 5.56 Å². The Hall–Kier alpha value is -1.85. The molecule has 0 aromatic carbocycles. The van der Waals surface area contributed by atoms with Gasteiger partial charge in [-0.05, 0) is 11.5 Å². The molecule has 0 spiro atoms. The smallest absolute Gasteiger partial charge is 0.239 e. The van der Waals surface area contributed by atoms with Gasteiger partial charge in [0.05, 0.1) is 12.7 Å². The van der Waals surface area contributed by atoms with E-state index in [2.05, 4.69) is 28.3 Å². The van der Waals surface area contributed by atoms with E-state index in [0.29, 0.717) is 17.8 Å². The molecule has 90 valence electrons. The molecule has 0 radical (unpaired) electrons. The molecule has 1 aliphatic heterocycles. The zero-order chi connectivity index (χ0) is 12.0. The molecule has 0 bridgehead atoms. The third-order valence-corrected chi connectivity index (χ3v) is 3.48. The van der Waals surface area contributed by atoms with Crippen LogP contribution in [0.2, 0.25) is 0 Å². The number of nitrogens with zero attached hydrogens (tertiary/aromatic N) is 5. The zero-order valence-electron chi connectivity index (χ0n) is 10.0. The maximum Gasteiger partial charge on any atom is 0.239 e. The Morgan fingerprint density at radius 1 is 1.47 bits per heavy atom. The number of anilines is 1. The van der Waals surface area contributed by atoms with Gasteiger partial charge in [-0.2, -0.15) is 10.1 Å². The summed E-state index contributed by atoms with van der Waals surface area (Å²) in [7, 11) is 1.94.